The summed E-state index contributed by atoms with van der Waals surface area (Å²) in [4.78, 5) is 21.4. The number of imidazole rings is 1. The molecule has 26 heavy (non-hydrogen) atoms. The normalized spacial score (nSPS) is 30.3. The Morgan fingerprint density at radius 1 is 1.23 bits per heavy atom. The topological polar surface area (TPSA) is 149 Å². The molecule has 0 aromatic carbocycles. The van der Waals surface area contributed by atoms with Crippen molar-refractivity contribution in [1.29, 1.82) is 0 Å². The molecule has 1 aliphatic heterocycles. The first kappa shape index (κ1) is 17.4. The maximum atomic E-state index is 12.9. The van der Waals surface area contributed by atoms with Crippen LogP contribution in [0.2, 0.25) is 0 Å². The van der Waals surface area contributed by atoms with Crippen LogP contribution < -0.4 is 11.3 Å². The highest BCUT2D eigenvalue weighted by Crippen LogP contribution is 2.32. The molecule has 5 N–H and O–H groups in total. The second kappa shape index (κ2) is 6.62. The summed E-state index contributed by atoms with van der Waals surface area (Å²) in [6.45, 7) is -0.439. The summed E-state index contributed by atoms with van der Waals surface area (Å²) < 4.78 is 8.38. The summed E-state index contributed by atoms with van der Waals surface area (Å²) in [5, 5.41) is 29.4. The quantitative estimate of drug-likeness (QED) is 0.557. The number of hydrogen-bond donors (Lipinski definition) is 4. The van der Waals surface area contributed by atoms with Gasteiger partial charge in [-0.2, -0.15) is 4.98 Å². The van der Waals surface area contributed by atoms with Crippen LogP contribution in [-0.2, 0) is 4.74 Å². The summed E-state index contributed by atoms with van der Waals surface area (Å²) in [6.07, 6.45) is 1.88. The molecule has 0 amide bonds. The van der Waals surface area contributed by atoms with E-state index in [1.807, 2.05) is 0 Å². The number of anilines is 1. The van der Waals surface area contributed by atoms with E-state index in [-0.39, 0.29) is 28.7 Å². The van der Waals surface area contributed by atoms with E-state index in [1.165, 1.54) is 15.5 Å². The first-order valence-electron chi connectivity index (χ1n) is 8.90. The monoisotopic (exact) mass is 365 g/mol. The molecule has 10 heteroatoms. The van der Waals surface area contributed by atoms with Crippen molar-refractivity contribution in [1.82, 2.24) is 19.1 Å². The van der Waals surface area contributed by atoms with Crippen LogP contribution in [0.4, 0.5) is 5.95 Å². The average Bonchev–Trinajstić information content (AvgIpc) is 3.18. The van der Waals surface area contributed by atoms with Crippen LogP contribution in [-0.4, -0.2) is 59.3 Å². The van der Waals surface area contributed by atoms with Gasteiger partial charge in [0.1, 0.15) is 18.3 Å². The van der Waals surface area contributed by atoms with Crippen molar-refractivity contribution in [3.63, 3.8) is 0 Å². The lowest BCUT2D eigenvalue weighted by molar-refractivity contribution is -0.0511. The number of ether oxygens (including phenoxy) is 1. The van der Waals surface area contributed by atoms with Crippen LogP contribution in [0.25, 0.3) is 11.2 Å². The summed E-state index contributed by atoms with van der Waals surface area (Å²) in [5.74, 6) is 0.0999. The Morgan fingerprint density at radius 3 is 2.62 bits per heavy atom. The van der Waals surface area contributed by atoms with Gasteiger partial charge in [0.2, 0.25) is 5.95 Å². The molecule has 4 atom stereocenters. The first-order valence-corrected chi connectivity index (χ1v) is 8.90. The minimum absolute atomic E-state index is 0.0206. The second-order valence-electron chi connectivity index (χ2n) is 6.99. The standard InChI is InChI=1S/C16H23N5O5/c17-16-19-13-10(14(25)21(16)8-4-2-1-3-5-8)18-7-20(13)15-12(24)11(23)9(6-22)26-15/h7-9,11-12,15,22-24H,1-6H2,(H2,17,19). The molecule has 10 nitrogen and oxygen atoms in total. The van der Waals surface area contributed by atoms with Crippen LogP contribution in [0, 0.1) is 0 Å². The second-order valence-corrected chi connectivity index (χ2v) is 6.99. The van der Waals surface area contributed by atoms with E-state index in [9.17, 15) is 20.1 Å². The predicted molar refractivity (Wildman–Crippen MR) is 91.3 cm³/mol. The Balaban J connectivity index is 1.77. The number of nitrogens with two attached hydrogens (primary N) is 1. The van der Waals surface area contributed by atoms with Gasteiger partial charge in [-0.25, -0.2) is 4.98 Å². The predicted octanol–water partition coefficient (Wildman–Crippen LogP) is -0.708. The van der Waals surface area contributed by atoms with Crippen LogP contribution in [0.15, 0.2) is 11.1 Å². The highest BCUT2D eigenvalue weighted by Gasteiger charge is 2.44. The minimum atomic E-state index is -1.28. The van der Waals surface area contributed by atoms with Crippen molar-refractivity contribution in [2.45, 2.75) is 62.7 Å². The zero-order valence-corrected chi connectivity index (χ0v) is 14.2. The molecule has 0 spiro atoms. The van der Waals surface area contributed by atoms with Gasteiger partial charge in [-0.3, -0.25) is 13.9 Å². The number of aromatic nitrogens is 4. The average molecular weight is 365 g/mol. The Kier molecular flexibility index (Phi) is 4.43. The van der Waals surface area contributed by atoms with Gasteiger partial charge in [0.05, 0.1) is 12.9 Å². The van der Waals surface area contributed by atoms with E-state index >= 15 is 0 Å². The van der Waals surface area contributed by atoms with Crippen molar-refractivity contribution in [2.75, 3.05) is 12.3 Å². The maximum Gasteiger partial charge on any atom is 0.283 e. The fourth-order valence-electron chi connectivity index (χ4n) is 3.98. The van der Waals surface area contributed by atoms with Crippen LogP contribution in [0.3, 0.4) is 0 Å². The Bertz CT molecular complexity index is 859. The Morgan fingerprint density at radius 2 is 1.96 bits per heavy atom. The third-order valence-electron chi connectivity index (χ3n) is 5.39. The molecule has 3 heterocycles. The fourth-order valence-corrected chi connectivity index (χ4v) is 3.98. The molecule has 1 saturated heterocycles. The lowest BCUT2D eigenvalue weighted by atomic mass is 9.95. The van der Waals surface area contributed by atoms with Crippen LogP contribution in [0.1, 0.15) is 44.4 Å². The number of fused-ring (bicyclic) bond motifs is 1. The molecule has 2 aliphatic rings. The third-order valence-corrected chi connectivity index (χ3v) is 5.39. The number of aliphatic hydroxyl groups is 3. The number of rotatable bonds is 3. The summed E-state index contributed by atoms with van der Waals surface area (Å²) in [5.41, 5.74) is 6.09. The summed E-state index contributed by atoms with van der Waals surface area (Å²) >= 11 is 0. The highest BCUT2D eigenvalue weighted by molar-refractivity contribution is 5.71. The number of aliphatic hydroxyl groups excluding tert-OH is 3. The maximum absolute atomic E-state index is 12.9. The molecule has 142 valence electrons. The van der Waals surface area contributed by atoms with Gasteiger partial charge in [-0.15, -0.1) is 0 Å². The number of nitrogens with zero attached hydrogens (tertiary/aromatic N) is 4. The van der Waals surface area contributed by atoms with Gasteiger partial charge >= 0.3 is 0 Å². The zero-order chi connectivity index (χ0) is 18.4. The number of nitrogen functional groups attached to an aromatic ring is 1. The van der Waals surface area contributed by atoms with Gasteiger partial charge in [-0.1, -0.05) is 19.3 Å². The van der Waals surface area contributed by atoms with Crippen molar-refractivity contribution < 1.29 is 20.1 Å². The van der Waals surface area contributed by atoms with Crippen molar-refractivity contribution >= 4 is 17.1 Å². The van der Waals surface area contributed by atoms with Gasteiger partial charge in [-0.05, 0) is 12.8 Å². The molecular formula is C16H23N5O5. The lowest BCUT2D eigenvalue weighted by Crippen LogP contribution is -2.33. The van der Waals surface area contributed by atoms with Crippen LogP contribution in [0.5, 0.6) is 0 Å². The minimum Gasteiger partial charge on any atom is -0.394 e. The molecule has 2 aromatic rings. The Labute approximate surface area is 148 Å². The van der Waals surface area contributed by atoms with E-state index in [0.29, 0.717) is 0 Å². The van der Waals surface area contributed by atoms with Crippen molar-refractivity contribution in [3.05, 3.63) is 16.7 Å². The number of hydrogen-bond acceptors (Lipinski definition) is 8. The van der Waals surface area contributed by atoms with E-state index in [1.54, 1.807) is 0 Å². The van der Waals surface area contributed by atoms with E-state index in [2.05, 4.69) is 9.97 Å². The van der Waals surface area contributed by atoms with Gasteiger partial charge in [0.25, 0.3) is 5.56 Å². The molecule has 0 radical (unpaired) electrons. The van der Waals surface area contributed by atoms with Gasteiger partial charge in [0, 0.05) is 6.04 Å². The fraction of sp³-hybridized carbons (Fsp3) is 0.688. The van der Waals surface area contributed by atoms with Gasteiger partial charge < -0.3 is 25.8 Å². The molecule has 1 aliphatic carbocycles. The molecule has 0 bridgehead atoms. The first-order chi connectivity index (χ1) is 12.5. The molecule has 2 fully saturated rings. The highest BCUT2D eigenvalue weighted by atomic mass is 16.6. The lowest BCUT2D eigenvalue weighted by Gasteiger charge is -2.25. The largest absolute Gasteiger partial charge is 0.394 e. The molecule has 1 saturated carbocycles. The van der Waals surface area contributed by atoms with E-state index in [4.69, 9.17) is 10.5 Å². The Hall–Kier alpha value is -2.01. The summed E-state index contributed by atoms with van der Waals surface area (Å²) in [7, 11) is 0. The SMILES string of the molecule is Nc1nc2c(ncn2C2OC(CO)C(O)C2O)c(=O)n1C1CCCCC1. The van der Waals surface area contributed by atoms with E-state index < -0.39 is 31.1 Å². The third kappa shape index (κ3) is 2.60. The molecule has 4 rings (SSSR count). The molecular weight excluding hydrogens is 342 g/mol. The van der Waals surface area contributed by atoms with Crippen LogP contribution >= 0.6 is 0 Å². The smallest absolute Gasteiger partial charge is 0.283 e. The van der Waals surface area contributed by atoms with Crippen molar-refractivity contribution in [2.24, 2.45) is 0 Å². The molecule has 4 unspecified atom stereocenters. The molecule has 2 aromatic heterocycles. The summed E-state index contributed by atoms with van der Waals surface area (Å²) in [6, 6.07) is 0.0206. The zero-order valence-electron chi connectivity index (χ0n) is 14.2. The van der Waals surface area contributed by atoms with E-state index in [0.717, 1.165) is 32.1 Å². The van der Waals surface area contributed by atoms with Gasteiger partial charge in [0.15, 0.2) is 17.4 Å². The van der Waals surface area contributed by atoms with Crippen molar-refractivity contribution in [3.8, 4) is 0 Å².